The lowest BCUT2D eigenvalue weighted by atomic mass is 10.2. The number of benzene rings is 2. The van der Waals surface area contributed by atoms with E-state index in [0.29, 0.717) is 6.54 Å². The van der Waals surface area contributed by atoms with Gasteiger partial charge in [0.05, 0.1) is 0 Å². The van der Waals surface area contributed by atoms with Crippen molar-refractivity contribution in [2.45, 2.75) is 30.5 Å². The predicted molar refractivity (Wildman–Crippen MR) is 107 cm³/mol. The molecule has 0 saturated carbocycles. The third-order valence-corrected chi connectivity index (χ3v) is 5.18. The fourth-order valence-corrected chi connectivity index (χ4v) is 3.76. The molecule has 2 aromatic carbocycles. The summed E-state index contributed by atoms with van der Waals surface area (Å²) in [4.78, 5) is 0. The Labute approximate surface area is 162 Å². The van der Waals surface area contributed by atoms with Crippen LogP contribution in [0.1, 0.15) is 24.4 Å². The molecule has 26 heavy (non-hydrogen) atoms. The number of nitrogens with zero attached hydrogens (tertiary/aromatic N) is 3. The molecule has 0 amide bonds. The number of hydrogen-bond donors (Lipinski definition) is 0. The van der Waals surface area contributed by atoms with Gasteiger partial charge in [-0.2, -0.15) is 0 Å². The SMILES string of the molecule is C=CCn1c(SCc2ccccc2Cl)nnc1[C@H](C)Oc1ccccc1. The van der Waals surface area contributed by atoms with Crippen molar-refractivity contribution in [1.82, 2.24) is 14.8 Å². The maximum Gasteiger partial charge on any atom is 0.191 e. The molecule has 3 rings (SSSR count). The van der Waals surface area contributed by atoms with Crippen LogP contribution in [0.25, 0.3) is 0 Å². The minimum atomic E-state index is -0.223. The minimum Gasteiger partial charge on any atom is -0.483 e. The van der Waals surface area contributed by atoms with E-state index in [1.54, 1.807) is 11.8 Å². The lowest BCUT2D eigenvalue weighted by molar-refractivity contribution is 0.210. The Morgan fingerprint density at radius 2 is 1.88 bits per heavy atom. The van der Waals surface area contributed by atoms with Gasteiger partial charge in [0.25, 0.3) is 0 Å². The number of aromatic nitrogens is 3. The highest BCUT2D eigenvalue weighted by Gasteiger charge is 2.19. The smallest absolute Gasteiger partial charge is 0.191 e. The Bertz CT molecular complexity index is 867. The average Bonchev–Trinajstić information content (AvgIpc) is 3.05. The molecule has 0 bridgehead atoms. The molecule has 134 valence electrons. The van der Waals surface area contributed by atoms with Crippen molar-refractivity contribution in [1.29, 1.82) is 0 Å². The van der Waals surface area contributed by atoms with Gasteiger partial charge in [-0.1, -0.05) is 65.8 Å². The molecule has 1 aromatic heterocycles. The molecule has 3 aromatic rings. The van der Waals surface area contributed by atoms with Crippen LogP contribution in [0.2, 0.25) is 5.02 Å². The molecule has 0 spiro atoms. The van der Waals surface area contributed by atoms with E-state index in [1.165, 1.54) is 0 Å². The Morgan fingerprint density at radius 1 is 1.15 bits per heavy atom. The molecule has 0 N–H and O–H groups in total. The van der Waals surface area contributed by atoms with Gasteiger partial charge in [0, 0.05) is 17.3 Å². The summed E-state index contributed by atoms with van der Waals surface area (Å²) in [6, 6.07) is 17.5. The highest BCUT2D eigenvalue weighted by atomic mass is 35.5. The maximum atomic E-state index is 6.25. The van der Waals surface area contributed by atoms with Crippen molar-refractivity contribution < 1.29 is 4.74 Å². The number of allylic oxidation sites excluding steroid dienone is 1. The third-order valence-electron chi connectivity index (χ3n) is 3.79. The van der Waals surface area contributed by atoms with Gasteiger partial charge in [-0.05, 0) is 30.7 Å². The number of thioether (sulfide) groups is 1. The lowest BCUT2D eigenvalue weighted by Gasteiger charge is -2.15. The van der Waals surface area contributed by atoms with Crippen LogP contribution in [0.5, 0.6) is 5.75 Å². The van der Waals surface area contributed by atoms with E-state index in [4.69, 9.17) is 16.3 Å². The van der Waals surface area contributed by atoms with E-state index in [2.05, 4.69) is 16.8 Å². The molecule has 6 heteroatoms. The second kappa shape index (κ2) is 8.92. The van der Waals surface area contributed by atoms with Gasteiger partial charge in [0.1, 0.15) is 5.75 Å². The Balaban J connectivity index is 1.77. The van der Waals surface area contributed by atoms with Crippen molar-refractivity contribution in [3.63, 3.8) is 0 Å². The van der Waals surface area contributed by atoms with E-state index in [1.807, 2.05) is 72.2 Å². The Hall–Kier alpha value is -2.24. The van der Waals surface area contributed by atoms with Crippen LogP contribution < -0.4 is 4.74 Å². The van der Waals surface area contributed by atoms with Crippen LogP contribution in [0.3, 0.4) is 0 Å². The Morgan fingerprint density at radius 3 is 2.62 bits per heavy atom. The van der Waals surface area contributed by atoms with Gasteiger partial charge in [0.15, 0.2) is 17.1 Å². The number of hydrogen-bond acceptors (Lipinski definition) is 4. The summed E-state index contributed by atoms with van der Waals surface area (Å²) in [6.07, 6.45) is 1.61. The van der Waals surface area contributed by atoms with E-state index >= 15 is 0 Å². The van der Waals surface area contributed by atoms with Gasteiger partial charge in [-0.15, -0.1) is 16.8 Å². The van der Waals surface area contributed by atoms with Crippen molar-refractivity contribution in [2.75, 3.05) is 0 Å². The Kier molecular flexibility index (Phi) is 6.36. The van der Waals surface area contributed by atoms with E-state index in [9.17, 15) is 0 Å². The molecule has 0 fully saturated rings. The zero-order valence-electron chi connectivity index (χ0n) is 14.5. The first kappa shape index (κ1) is 18.5. The number of halogens is 1. The molecule has 1 heterocycles. The molecule has 0 saturated heterocycles. The van der Waals surface area contributed by atoms with E-state index < -0.39 is 0 Å². The first-order valence-electron chi connectivity index (χ1n) is 8.31. The second-order valence-corrected chi connectivity index (χ2v) is 7.04. The normalized spacial score (nSPS) is 11.9. The van der Waals surface area contributed by atoms with Crippen LogP contribution in [-0.2, 0) is 12.3 Å². The largest absolute Gasteiger partial charge is 0.483 e. The summed E-state index contributed by atoms with van der Waals surface area (Å²) in [5.41, 5.74) is 1.07. The second-order valence-electron chi connectivity index (χ2n) is 5.69. The summed E-state index contributed by atoms with van der Waals surface area (Å²) < 4.78 is 8.02. The van der Waals surface area contributed by atoms with Crippen LogP contribution in [0, 0.1) is 0 Å². The summed E-state index contributed by atoms with van der Waals surface area (Å²) in [7, 11) is 0. The zero-order valence-corrected chi connectivity index (χ0v) is 16.1. The van der Waals surface area contributed by atoms with Gasteiger partial charge >= 0.3 is 0 Å². The molecule has 0 radical (unpaired) electrons. The molecule has 0 aliphatic heterocycles. The number of ether oxygens (including phenoxy) is 1. The highest BCUT2D eigenvalue weighted by molar-refractivity contribution is 7.98. The number of para-hydroxylation sites is 1. The monoisotopic (exact) mass is 385 g/mol. The van der Waals surface area contributed by atoms with Gasteiger partial charge in [-0.25, -0.2) is 0 Å². The fraction of sp³-hybridized carbons (Fsp3) is 0.200. The standard InChI is InChI=1S/C20H20ClN3OS/c1-3-13-24-19(15(2)25-17-10-5-4-6-11-17)22-23-20(24)26-14-16-9-7-8-12-18(16)21/h3-12,15H,1,13-14H2,2H3/t15-/m0/s1. The summed E-state index contributed by atoms with van der Waals surface area (Å²) in [6.45, 7) is 6.44. The van der Waals surface area contributed by atoms with Crippen molar-refractivity contribution in [2.24, 2.45) is 0 Å². The topological polar surface area (TPSA) is 39.9 Å². The molecule has 0 aliphatic rings. The molecule has 4 nitrogen and oxygen atoms in total. The summed E-state index contributed by atoms with van der Waals surface area (Å²) >= 11 is 7.85. The molecular weight excluding hydrogens is 366 g/mol. The van der Waals surface area contributed by atoms with Crippen molar-refractivity contribution in [3.05, 3.63) is 83.7 Å². The van der Waals surface area contributed by atoms with Crippen molar-refractivity contribution in [3.8, 4) is 5.75 Å². The fourth-order valence-electron chi connectivity index (χ4n) is 2.52. The molecule has 1 atom stereocenters. The molecule has 0 unspecified atom stereocenters. The minimum absolute atomic E-state index is 0.223. The van der Waals surface area contributed by atoms with Gasteiger partial charge < -0.3 is 4.74 Å². The highest BCUT2D eigenvalue weighted by Crippen LogP contribution is 2.28. The first-order chi connectivity index (χ1) is 12.7. The molecule has 0 aliphatic carbocycles. The average molecular weight is 386 g/mol. The summed E-state index contributed by atoms with van der Waals surface area (Å²) in [5, 5.41) is 10.3. The van der Waals surface area contributed by atoms with Gasteiger partial charge in [-0.3, -0.25) is 4.57 Å². The van der Waals surface area contributed by atoms with Gasteiger partial charge in [0.2, 0.25) is 0 Å². The quantitative estimate of drug-likeness (QED) is 0.376. The number of rotatable bonds is 8. The lowest BCUT2D eigenvalue weighted by Crippen LogP contribution is -2.12. The van der Waals surface area contributed by atoms with Crippen molar-refractivity contribution >= 4 is 23.4 Å². The summed E-state index contributed by atoms with van der Waals surface area (Å²) in [5.74, 6) is 2.30. The zero-order chi connectivity index (χ0) is 18.4. The molecular formula is C20H20ClN3OS. The van der Waals surface area contributed by atoms with E-state index in [-0.39, 0.29) is 6.10 Å². The maximum absolute atomic E-state index is 6.25. The first-order valence-corrected chi connectivity index (χ1v) is 9.67. The third kappa shape index (κ3) is 4.48. The predicted octanol–water partition coefficient (Wildman–Crippen LogP) is 5.55. The van der Waals surface area contributed by atoms with Crippen LogP contribution >= 0.6 is 23.4 Å². The van der Waals surface area contributed by atoms with Crippen LogP contribution in [-0.4, -0.2) is 14.8 Å². The van der Waals surface area contributed by atoms with Crippen LogP contribution in [0.15, 0.2) is 72.4 Å². The van der Waals surface area contributed by atoms with E-state index in [0.717, 1.165) is 33.1 Å². The van der Waals surface area contributed by atoms with Crippen LogP contribution in [0.4, 0.5) is 0 Å².